The number of primary amides is 1. The van der Waals surface area contributed by atoms with Crippen LogP contribution in [0.1, 0.15) is 22.3 Å². The van der Waals surface area contributed by atoms with Crippen LogP contribution in [0.2, 0.25) is 0 Å². The maximum atomic E-state index is 13.5. The van der Waals surface area contributed by atoms with Crippen molar-refractivity contribution in [3.63, 3.8) is 0 Å². The lowest BCUT2D eigenvalue weighted by Crippen LogP contribution is -2.63. The Morgan fingerprint density at radius 3 is 2.26 bits per heavy atom. The minimum absolute atomic E-state index is 0. The molecule has 34 heavy (non-hydrogen) atoms. The molecule has 0 saturated carbocycles. The molecule has 0 aliphatic heterocycles. The van der Waals surface area contributed by atoms with Crippen LogP contribution >= 0.6 is 12.4 Å². The van der Waals surface area contributed by atoms with E-state index in [0.29, 0.717) is 5.56 Å². The van der Waals surface area contributed by atoms with Crippen LogP contribution in [-0.2, 0) is 16.0 Å². The Morgan fingerprint density at radius 1 is 1.12 bits per heavy atom. The maximum absolute atomic E-state index is 13.5. The van der Waals surface area contributed by atoms with Gasteiger partial charge in [-0.05, 0) is 50.6 Å². The first kappa shape index (κ1) is 25.5. The smallest absolute Gasteiger partial charge is 0.255 e. The molecule has 0 spiro atoms. The molecule has 0 fully saturated rings. The molecular formula is C23H28ClN3O7. The fraction of sp³-hybridized carbons (Fsp3) is 0.435. The Morgan fingerprint density at radius 2 is 1.74 bits per heavy atom. The highest BCUT2D eigenvalue weighted by Gasteiger charge is 2.63. The molecule has 184 valence electrons. The zero-order valence-electron chi connectivity index (χ0n) is 19.2. The number of amides is 1. The largest absolute Gasteiger partial charge is 0.510 e. The fourth-order valence-electron chi connectivity index (χ4n) is 5.65. The second-order valence-electron chi connectivity index (χ2n) is 9.31. The van der Waals surface area contributed by atoms with Gasteiger partial charge in [0.1, 0.15) is 22.8 Å². The number of hydrogen-bond donors (Lipinski definition) is 5. The summed E-state index contributed by atoms with van der Waals surface area (Å²) >= 11 is 0. The van der Waals surface area contributed by atoms with E-state index in [2.05, 4.69) is 0 Å². The molecular weight excluding hydrogens is 466 g/mol. The van der Waals surface area contributed by atoms with Gasteiger partial charge in [0.25, 0.3) is 5.91 Å². The van der Waals surface area contributed by atoms with E-state index >= 15 is 0 Å². The van der Waals surface area contributed by atoms with Gasteiger partial charge in [-0.3, -0.25) is 19.3 Å². The number of rotatable bonds is 3. The average molecular weight is 494 g/mol. The maximum Gasteiger partial charge on any atom is 0.255 e. The zero-order chi connectivity index (χ0) is 24.6. The van der Waals surface area contributed by atoms with Crippen LogP contribution in [0.5, 0.6) is 5.75 Å². The number of benzene rings is 1. The number of anilines is 1. The van der Waals surface area contributed by atoms with Crippen molar-refractivity contribution in [3.05, 3.63) is 45.9 Å². The number of allylic oxidation sites excluding steroid dienone is 1. The van der Waals surface area contributed by atoms with Crippen molar-refractivity contribution in [2.75, 3.05) is 33.1 Å². The zero-order valence-corrected chi connectivity index (χ0v) is 20.0. The van der Waals surface area contributed by atoms with Gasteiger partial charge in [-0.2, -0.15) is 0 Å². The summed E-state index contributed by atoms with van der Waals surface area (Å²) in [6.45, 7) is 0. The number of aliphatic hydroxyl groups excluding tert-OH is 2. The lowest BCUT2D eigenvalue weighted by Gasteiger charge is -2.50. The third-order valence-corrected chi connectivity index (χ3v) is 7.06. The van der Waals surface area contributed by atoms with Gasteiger partial charge in [-0.1, -0.05) is 0 Å². The second kappa shape index (κ2) is 8.30. The highest BCUT2D eigenvalue weighted by Crippen LogP contribution is 2.52. The molecule has 1 amide bonds. The fourth-order valence-corrected chi connectivity index (χ4v) is 5.65. The van der Waals surface area contributed by atoms with Gasteiger partial charge in [0.05, 0.1) is 11.6 Å². The third-order valence-electron chi connectivity index (χ3n) is 7.06. The molecule has 0 heterocycles. The SMILES string of the molecule is CN(C)c1ccc(O)c2c1C[C@H]1C[C@H]3[C@H](N(C)C)C(O)=C(C(N)=O)C(=O)[C@@]3(O)C(O)=C1C2=O.Cl. The number of fused-ring (bicyclic) bond motifs is 3. The molecule has 6 N–H and O–H groups in total. The summed E-state index contributed by atoms with van der Waals surface area (Å²) in [5.74, 6) is -6.53. The van der Waals surface area contributed by atoms with Crippen molar-refractivity contribution in [3.8, 4) is 5.75 Å². The van der Waals surface area contributed by atoms with Crippen molar-refractivity contribution in [2.24, 2.45) is 17.6 Å². The highest BCUT2D eigenvalue weighted by molar-refractivity contribution is 6.24. The number of carbonyl (C=O) groups excluding carboxylic acids is 3. The van der Waals surface area contributed by atoms with Crippen LogP contribution in [0.3, 0.4) is 0 Å². The first-order valence-electron chi connectivity index (χ1n) is 10.5. The number of phenolic OH excluding ortho intramolecular Hbond substituents is 1. The minimum atomic E-state index is -2.63. The molecule has 0 aromatic heterocycles. The number of hydrogen-bond acceptors (Lipinski definition) is 9. The summed E-state index contributed by atoms with van der Waals surface area (Å²) in [5, 5.41) is 43.9. The molecule has 3 aliphatic carbocycles. The van der Waals surface area contributed by atoms with Gasteiger partial charge in [0.15, 0.2) is 11.4 Å². The van der Waals surface area contributed by atoms with Gasteiger partial charge in [0.2, 0.25) is 5.78 Å². The van der Waals surface area contributed by atoms with Gasteiger partial charge in [-0.25, -0.2) is 0 Å². The normalized spacial score (nSPS) is 28.2. The monoisotopic (exact) mass is 493 g/mol. The van der Waals surface area contributed by atoms with E-state index in [-0.39, 0.29) is 42.1 Å². The summed E-state index contributed by atoms with van der Waals surface area (Å²) in [7, 11) is 6.79. The van der Waals surface area contributed by atoms with E-state index in [0.717, 1.165) is 5.69 Å². The van der Waals surface area contributed by atoms with Crippen molar-refractivity contribution >= 4 is 35.6 Å². The number of likely N-dealkylation sites (N-methyl/N-ethyl adjacent to an activating group) is 1. The van der Waals surface area contributed by atoms with E-state index in [4.69, 9.17) is 5.73 Å². The quantitative estimate of drug-likeness (QED) is 0.379. The Bertz CT molecular complexity index is 1170. The molecule has 4 rings (SSSR count). The van der Waals surface area contributed by atoms with E-state index in [1.54, 1.807) is 39.2 Å². The predicted molar refractivity (Wildman–Crippen MR) is 125 cm³/mol. The summed E-state index contributed by atoms with van der Waals surface area (Å²) in [4.78, 5) is 42.0. The number of carbonyl (C=O) groups is 3. The van der Waals surface area contributed by atoms with Crippen LogP contribution in [0.4, 0.5) is 5.69 Å². The van der Waals surface area contributed by atoms with Crippen LogP contribution < -0.4 is 10.6 Å². The molecule has 11 heteroatoms. The standard InChI is InChI=1S/C23H27N3O7.ClH/c1-25(2)12-5-6-13(27)15-10(12)7-9-8-11-17(26(3)4)19(29)16(22(24)32)21(31)23(11,33)20(30)14(9)18(15)28;/h5-6,9,11,17,27,29-30,33H,7-8H2,1-4H3,(H2,24,32);1H/t9-,11-,17-,23-;/m0./s1. The lowest BCUT2D eigenvalue weighted by molar-refractivity contribution is -0.148. The van der Waals surface area contributed by atoms with Gasteiger partial charge in [0, 0.05) is 31.3 Å². The number of aliphatic hydroxyl groups is 3. The topological polar surface area (TPSA) is 165 Å². The van der Waals surface area contributed by atoms with Crippen molar-refractivity contribution in [2.45, 2.75) is 24.5 Å². The van der Waals surface area contributed by atoms with E-state index < -0.39 is 58.0 Å². The third kappa shape index (κ3) is 3.20. The van der Waals surface area contributed by atoms with E-state index in [1.165, 1.54) is 11.0 Å². The van der Waals surface area contributed by atoms with Crippen molar-refractivity contribution in [1.29, 1.82) is 0 Å². The number of ketones is 2. The van der Waals surface area contributed by atoms with Crippen molar-refractivity contribution in [1.82, 2.24) is 4.90 Å². The lowest BCUT2D eigenvalue weighted by atomic mass is 9.58. The van der Waals surface area contributed by atoms with Crippen LogP contribution in [-0.4, -0.2) is 82.6 Å². The minimum Gasteiger partial charge on any atom is -0.510 e. The predicted octanol–water partition coefficient (Wildman–Crippen LogP) is 0.608. The summed E-state index contributed by atoms with van der Waals surface area (Å²) < 4.78 is 0. The van der Waals surface area contributed by atoms with Gasteiger partial charge >= 0.3 is 0 Å². The summed E-state index contributed by atoms with van der Waals surface area (Å²) in [5.41, 5.74) is 3.02. The molecule has 1 aromatic carbocycles. The Hall–Kier alpha value is -3.08. The number of Topliss-reactive ketones (excluding diaryl/α,β-unsaturated/α-hetero) is 2. The van der Waals surface area contributed by atoms with Gasteiger partial charge in [-0.15, -0.1) is 12.4 Å². The first-order valence-corrected chi connectivity index (χ1v) is 10.5. The molecule has 0 bridgehead atoms. The molecule has 0 unspecified atom stereocenters. The molecule has 4 atom stereocenters. The second-order valence-corrected chi connectivity index (χ2v) is 9.31. The van der Waals surface area contributed by atoms with E-state index in [9.17, 15) is 34.8 Å². The highest BCUT2D eigenvalue weighted by atomic mass is 35.5. The number of halogens is 1. The Labute approximate surface area is 202 Å². The average Bonchev–Trinajstić information content (AvgIpc) is 2.70. The molecule has 3 aliphatic rings. The molecule has 10 nitrogen and oxygen atoms in total. The summed E-state index contributed by atoms with van der Waals surface area (Å²) in [6, 6.07) is 2.06. The number of aromatic hydroxyl groups is 1. The Kier molecular flexibility index (Phi) is 6.23. The first-order chi connectivity index (χ1) is 15.3. The Balaban J connectivity index is 0.00000324. The van der Waals surface area contributed by atoms with Crippen LogP contribution in [0.15, 0.2) is 34.8 Å². The molecule has 1 aromatic rings. The number of phenols is 1. The molecule has 0 saturated heterocycles. The van der Waals surface area contributed by atoms with E-state index in [1.807, 2.05) is 0 Å². The number of nitrogens with zero attached hydrogens (tertiary/aromatic N) is 2. The number of nitrogens with two attached hydrogens (primary N) is 1. The van der Waals surface area contributed by atoms with Crippen LogP contribution in [0, 0.1) is 11.8 Å². The molecule has 0 radical (unpaired) electrons. The van der Waals surface area contributed by atoms with Crippen molar-refractivity contribution < 1.29 is 34.8 Å². The van der Waals surface area contributed by atoms with Gasteiger partial charge < -0.3 is 31.1 Å². The van der Waals surface area contributed by atoms with Crippen LogP contribution in [0.25, 0.3) is 0 Å². The summed E-state index contributed by atoms with van der Waals surface area (Å²) in [6.07, 6.45) is 0.324.